The lowest BCUT2D eigenvalue weighted by atomic mass is 10.1. The molecule has 5 nitrogen and oxygen atoms in total. The minimum atomic E-state index is -1.05. The molecule has 1 unspecified atom stereocenters. The van der Waals surface area contributed by atoms with Crippen molar-refractivity contribution in [3.8, 4) is 11.3 Å². The second kappa shape index (κ2) is 6.34. The quantitative estimate of drug-likeness (QED) is 0.918. The largest absolute Gasteiger partial charge is 0.475 e. The maximum Gasteiger partial charge on any atom is 0.372 e. The van der Waals surface area contributed by atoms with Gasteiger partial charge in [-0.2, -0.15) is 0 Å². The van der Waals surface area contributed by atoms with Gasteiger partial charge in [0.2, 0.25) is 5.76 Å². The van der Waals surface area contributed by atoms with E-state index in [0.717, 1.165) is 24.2 Å². The van der Waals surface area contributed by atoms with Crippen LogP contribution in [0, 0.1) is 6.92 Å². The lowest BCUT2D eigenvalue weighted by Gasteiger charge is -2.10. The van der Waals surface area contributed by atoms with Gasteiger partial charge in [0.05, 0.1) is 19.3 Å². The third-order valence-electron chi connectivity index (χ3n) is 3.70. The van der Waals surface area contributed by atoms with Crippen molar-refractivity contribution in [2.45, 2.75) is 26.1 Å². The van der Waals surface area contributed by atoms with Crippen molar-refractivity contribution in [1.29, 1.82) is 0 Å². The summed E-state index contributed by atoms with van der Waals surface area (Å²) in [5, 5.41) is 9.06. The predicted octanol–water partition coefficient (Wildman–Crippen LogP) is 3.26. The molecule has 0 spiro atoms. The summed E-state index contributed by atoms with van der Waals surface area (Å²) in [6.07, 6.45) is 1.09. The third-order valence-corrected chi connectivity index (χ3v) is 3.70. The minimum absolute atomic E-state index is 0.0141. The van der Waals surface area contributed by atoms with Crippen LogP contribution in [0.2, 0.25) is 0 Å². The Bertz CT molecular complexity index is 667. The summed E-state index contributed by atoms with van der Waals surface area (Å²) in [6, 6.07) is 9.49. The first-order chi connectivity index (χ1) is 10.6. The lowest BCUT2D eigenvalue weighted by molar-refractivity contribution is 0.0318. The number of aryl methyl sites for hydroxylation is 1. The fourth-order valence-electron chi connectivity index (χ4n) is 2.51. The molecular weight excluding hydrogens is 284 g/mol. The first-order valence-electron chi connectivity index (χ1n) is 7.26. The standard InChI is InChI=1S/C17H18O5/c1-11-7-15(22-16(11)17(18)19)13-4-2-3-12(8-13)9-21-14-5-6-20-10-14/h2-4,7-8,14H,5-6,9-10H2,1H3,(H,18,19). The van der Waals surface area contributed by atoms with E-state index in [4.69, 9.17) is 19.0 Å². The van der Waals surface area contributed by atoms with Crippen LogP contribution in [0.4, 0.5) is 0 Å². The zero-order valence-corrected chi connectivity index (χ0v) is 12.4. The number of benzene rings is 1. The first kappa shape index (κ1) is 14.8. The smallest absolute Gasteiger partial charge is 0.372 e. The van der Waals surface area contributed by atoms with Gasteiger partial charge < -0.3 is 19.0 Å². The maximum absolute atomic E-state index is 11.1. The van der Waals surface area contributed by atoms with E-state index in [0.29, 0.717) is 24.5 Å². The first-order valence-corrected chi connectivity index (χ1v) is 7.26. The predicted molar refractivity (Wildman–Crippen MR) is 79.9 cm³/mol. The van der Waals surface area contributed by atoms with Crippen LogP contribution in [0.5, 0.6) is 0 Å². The van der Waals surface area contributed by atoms with E-state index in [-0.39, 0.29) is 11.9 Å². The number of furan rings is 1. The molecule has 1 aliphatic heterocycles. The van der Waals surface area contributed by atoms with Crippen molar-refractivity contribution in [2.75, 3.05) is 13.2 Å². The molecule has 1 aliphatic rings. The third kappa shape index (κ3) is 3.21. The van der Waals surface area contributed by atoms with E-state index in [1.165, 1.54) is 0 Å². The second-order valence-electron chi connectivity index (χ2n) is 5.42. The normalized spacial score (nSPS) is 17.8. The van der Waals surface area contributed by atoms with Crippen LogP contribution in [0.3, 0.4) is 0 Å². The highest BCUT2D eigenvalue weighted by Gasteiger charge is 2.17. The highest BCUT2D eigenvalue weighted by molar-refractivity contribution is 5.87. The summed E-state index contributed by atoms with van der Waals surface area (Å²) in [7, 11) is 0. The molecule has 1 aromatic carbocycles. The zero-order valence-electron chi connectivity index (χ0n) is 12.4. The molecule has 1 fully saturated rings. The van der Waals surface area contributed by atoms with Crippen LogP contribution in [0.25, 0.3) is 11.3 Å². The molecule has 22 heavy (non-hydrogen) atoms. The van der Waals surface area contributed by atoms with Crippen LogP contribution >= 0.6 is 0 Å². The van der Waals surface area contributed by atoms with E-state index in [1.807, 2.05) is 24.3 Å². The number of aromatic carboxylic acids is 1. The summed E-state index contributed by atoms with van der Waals surface area (Å²) < 4.78 is 16.5. The highest BCUT2D eigenvalue weighted by Crippen LogP contribution is 2.26. The van der Waals surface area contributed by atoms with Crippen LogP contribution in [0.15, 0.2) is 34.7 Å². The summed E-state index contributed by atoms with van der Waals surface area (Å²) in [5.41, 5.74) is 2.49. The van der Waals surface area contributed by atoms with Gasteiger partial charge in [0.1, 0.15) is 5.76 Å². The fourth-order valence-corrected chi connectivity index (χ4v) is 2.51. The molecule has 0 aliphatic carbocycles. The molecule has 1 atom stereocenters. The Morgan fingerprint density at radius 3 is 2.95 bits per heavy atom. The number of carboxylic acids is 1. The number of hydrogen-bond donors (Lipinski definition) is 1. The Labute approximate surface area is 128 Å². The molecule has 1 aromatic heterocycles. The van der Waals surface area contributed by atoms with Gasteiger partial charge in [-0.25, -0.2) is 4.79 Å². The van der Waals surface area contributed by atoms with Crippen molar-refractivity contribution >= 4 is 5.97 Å². The zero-order chi connectivity index (χ0) is 15.5. The summed E-state index contributed by atoms with van der Waals surface area (Å²) in [4.78, 5) is 11.1. The SMILES string of the molecule is Cc1cc(-c2cccc(COC3CCOC3)c2)oc1C(=O)O. The number of ether oxygens (including phenoxy) is 2. The van der Waals surface area contributed by atoms with Gasteiger partial charge in [0.25, 0.3) is 0 Å². The van der Waals surface area contributed by atoms with Crippen molar-refractivity contribution in [2.24, 2.45) is 0 Å². The van der Waals surface area contributed by atoms with Gasteiger partial charge in [-0.3, -0.25) is 0 Å². The molecule has 116 valence electrons. The Balaban J connectivity index is 1.75. The number of carbonyl (C=O) groups is 1. The van der Waals surface area contributed by atoms with Gasteiger partial charge in [-0.1, -0.05) is 18.2 Å². The molecule has 2 heterocycles. The average Bonchev–Trinajstić information content (AvgIpc) is 3.14. The van der Waals surface area contributed by atoms with Crippen molar-refractivity contribution in [3.05, 3.63) is 47.2 Å². The summed E-state index contributed by atoms with van der Waals surface area (Å²) in [5.74, 6) is -0.509. The monoisotopic (exact) mass is 302 g/mol. The van der Waals surface area contributed by atoms with Crippen molar-refractivity contribution in [3.63, 3.8) is 0 Å². The van der Waals surface area contributed by atoms with Gasteiger partial charge in [0.15, 0.2) is 0 Å². The maximum atomic E-state index is 11.1. The van der Waals surface area contributed by atoms with Crippen molar-refractivity contribution < 1.29 is 23.8 Å². The van der Waals surface area contributed by atoms with Gasteiger partial charge in [0, 0.05) is 17.7 Å². The Hall–Kier alpha value is -2.11. The molecule has 0 amide bonds. The Morgan fingerprint density at radius 2 is 2.27 bits per heavy atom. The average molecular weight is 302 g/mol. The van der Waals surface area contributed by atoms with E-state index in [9.17, 15) is 4.79 Å². The number of hydrogen-bond acceptors (Lipinski definition) is 4. The van der Waals surface area contributed by atoms with Gasteiger partial charge in [-0.05, 0) is 31.0 Å². The topological polar surface area (TPSA) is 68.9 Å². The van der Waals surface area contributed by atoms with Crippen LogP contribution < -0.4 is 0 Å². The molecule has 0 saturated carbocycles. The molecule has 3 rings (SSSR count). The van der Waals surface area contributed by atoms with Crippen molar-refractivity contribution in [1.82, 2.24) is 0 Å². The van der Waals surface area contributed by atoms with E-state index < -0.39 is 5.97 Å². The van der Waals surface area contributed by atoms with Gasteiger partial charge >= 0.3 is 5.97 Å². The fraction of sp³-hybridized carbons (Fsp3) is 0.353. The molecule has 2 aromatic rings. The van der Waals surface area contributed by atoms with E-state index in [2.05, 4.69) is 0 Å². The summed E-state index contributed by atoms with van der Waals surface area (Å²) >= 11 is 0. The number of carboxylic acid groups (broad SMARTS) is 1. The van der Waals surface area contributed by atoms with Crippen LogP contribution in [0.1, 0.15) is 28.1 Å². The molecular formula is C17H18O5. The van der Waals surface area contributed by atoms with Crippen LogP contribution in [-0.4, -0.2) is 30.4 Å². The highest BCUT2D eigenvalue weighted by atomic mass is 16.5. The Kier molecular flexibility index (Phi) is 4.27. The Morgan fingerprint density at radius 1 is 1.41 bits per heavy atom. The minimum Gasteiger partial charge on any atom is -0.475 e. The van der Waals surface area contributed by atoms with Gasteiger partial charge in [-0.15, -0.1) is 0 Å². The molecule has 0 bridgehead atoms. The molecule has 1 N–H and O–H groups in total. The van der Waals surface area contributed by atoms with Crippen LogP contribution in [-0.2, 0) is 16.1 Å². The lowest BCUT2D eigenvalue weighted by Crippen LogP contribution is -2.11. The van der Waals surface area contributed by atoms with E-state index >= 15 is 0 Å². The van der Waals surface area contributed by atoms with E-state index in [1.54, 1.807) is 13.0 Å². The molecule has 1 saturated heterocycles. The molecule has 5 heteroatoms. The number of rotatable bonds is 5. The second-order valence-corrected chi connectivity index (χ2v) is 5.42. The summed E-state index contributed by atoms with van der Waals surface area (Å²) in [6.45, 7) is 3.64. The molecule has 0 radical (unpaired) electrons.